The van der Waals surface area contributed by atoms with Gasteiger partial charge in [-0.25, -0.2) is 0 Å². The number of carbonyl (C=O) groups excluding carboxylic acids is 1. The molecule has 0 aromatic heterocycles. The highest BCUT2D eigenvalue weighted by Gasteiger charge is 2.10. The minimum atomic E-state index is -2.88. The summed E-state index contributed by atoms with van der Waals surface area (Å²) in [7, 11) is 0. The third kappa shape index (κ3) is 5.38. The lowest BCUT2D eigenvalue weighted by molar-refractivity contribution is -0.115. The Balaban J connectivity index is 2.01. The van der Waals surface area contributed by atoms with Gasteiger partial charge < -0.3 is 14.8 Å². The molecule has 2 rings (SSSR count). The van der Waals surface area contributed by atoms with Gasteiger partial charge in [-0.05, 0) is 42.8 Å². The molecule has 0 aliphatic carbocycles. The molecule has 24 heavy (non-hydrogen) atoms. The molecule has 128 valence electrons. The number of anilines is 1. The van der Waals surface area contributed by atoms with E-state index in [1.165, 1.54) is 12.1 Å². The maximum absolute atomic E-state index is 12.2. The van der Waals surface area contributed by atoms with Crippen LogP contribution in [0.25, 0.3) is 0 Å². The van der Waals surface area contributed by atoms with Crippen LogP contribution in [-0.2, 0) is 11.2 Å². The zero-order valence-electron chi connectivity index (χ0n) is 12.9. The number of amides is 1. The average Bonchev–Trinajstić information content (AvgIpc) is 2.51. The summed E-state index contributed by atoms with van der Waals surface area (Å²) < 4.78 is 33.9. The maximum atomic E-state index is 12.2. The molecule has 0 aliphatic heterocycles. The molecule has 0 heterocycles. The minimum absolute atomic E-state index is 0.0441. The second-order valence-electron chi connectivity index (χ2n) is 4.82. The zero-order chi connectivity index (χ0) is 17.5. The van der Waals surface area contributed by atoms with E-state index < -0.39 is 6.61 Å². The van der Waals surface area contributed by atoms with Crippen molar-refractivity contribution in [2.24, 2.45) is 0 Å². The van der Waals surface area contributed by atoms with E-state index >= 15 is 0 Å². The molecule has 0 fully saturated rings. The number of carbonyl (C=O) groups is 1. The van der Waals surface area contributed by atoms with E-state index in [0.717, 1.165) is 0 Å². The van der Waals surface area contributed by atoms with Crippen LogP contribution < -0.4 is 14.8 Å². The van der Waals surface area contributed by atoms with Crippen LogP contribution in [-0.4, -0.2) is 19.1 Å². The molecule has 0 spiro atoms. The first-order valence-electron chi connectivity index (χ1n) is 7.24. The van der Waals surface area contributed by atoms with Gasteiger partial charge in [-0.1, -0.05) is 23.7 Å². The van der Waals surface area contributed by atoms with Gasteiger partial charge in [0.1, 0.15) is 11.5 Å². The summed E-state index contributed by atoms with van der Waals surface area (Å²) in [6.07, 6.45) is 0.0764. The van der Waals surface area contributed by atoms with E-state index in [1.807, 2.05) is 6.92 Å². The molecule has 0 radical (unpaired) electrons. The Morgan fingerprint density at radius 3 is 2.54 bits per heavy atom. The second-order valence-corrected chi connectivity index (χ2v) is 5.26. The molecule has 2 aromatic rings. The largest absolute Gasteiger partial charge is 0.492 e. The molecule has 0 aliphatic rings. The molecular formula is C17H16ClF2NO3. The predicted molar refractivity (Wildman–Crippen MR) is 88.0 cm³/mol. The quantitative estimate of drug-likeness (QED) is 0.794. The van der Waals surface area contributed by atoms with E-state index in [0.29, 0.717) is 28.6 Å². The fraction of sp³-hybridized carbons (Fsp3) is 0.235. The van der Waals surface area contributed by atoms with Gasteiger partial charge in [0.2, 0.25) is 5.91 Å². The SMILES string of the molecule is CCOc1ccc(Cl)cc1NC(=O)Cc1ccc(OC(F)F)cc1. The Kier molecular flexibility index (Phi) is 6.37. The number of hydrogen-bond acceptors (Lipinski definition) is 3. The second kappa shape index (κ2) is 8.49. The molecule has 0 saturated heterocycles. The van der Waals surface area contributed by atoms with Gasteiger partial charge in [0.25, 0.3) is 0 Å². The Hall–Kier alpha value is -2.34. The van der Waals surface area contributed by atoms with Crippen molar-refractivity contribution in [3.05, 3.63) is 53.1 Å². The summed E-state index contributed by atoms with van der Waals surface area (Å²) in [6, 6.07) is 10.8. The zero-order valence-corrected chi connectivity index (χ0v) is 13.6. The molecule has 1 amide bonds. The summed E-state index contributed by atoms with van der Waals surface area (Å²) >= 11 is 5.94. The number of alkyl halides is 2. The summed E-state index contributed by atoms with van der Waals surface area (Å²) in [4.78, 5) is 12.2. The summed E-state index contributed by atoms with van der Waals surface area (Å²) in [5.41, 5.74) is 1.14. The molecule has 0 atom stereocenters. The van der Waals surface area contributed by atoms with Crippen molar-refractivity contribution in [3.8, 4) is 11.5 Å². The highest BCUT2D eigenvalue weighted by molar-refractivity contribution is 6.31. The third-order valence-corrected chi connectivity index (χ3v) is 3.26. The monoisotopic (exact) mass is 355 g/mol. The lowest BCUT2D eigenvalue weighted by Gasteiger charge is -2.12. The lowest BCUT2D eigenvalue weighted by atomic mass is 10.1. The van der Waals surface area contributed by atoms with Gasteiger partial charge in [0.15, 0.2) is 0 Å². The number of nitrogens with one attached hydrogen (secondary N) is 1. The maximum Gasteiger partial charge on any atom is 0.387 e. The van der Waals surface area contributed by atoms with Crippen LogP contribution in [0.1, 0.15) is 12.5 Å². The topological polar surface area (TPSA) is 47.6 Å². The fourth-order valence-electron chi connectivity index (χ4n) is 2.05. The van der Waals surface area contributed by atoms with Gasteiger partial charge >= 0.3 is 6.61 Å². The number of hydrogen-bond donors (Lipinski definition) is 1. The van der Waals surface area contributed by atoms with Crippen molar-refractivity contribution in [3.63, 3.8) is 0 Å². The van der Waals surface area contributed by atoms with Crippen LogP contribution in [0.15, 0.2) is 42.5 Å². The van der Waals surface area contributed by atoms with Gasteiger partial charge in [0.05, 0.1) is 18.7 Å². The Morgan fingerprint density at radius 2 is 1.92 bits per heavy atom. The van der Waals surface area contributed by atoms with E-state index in [9.17, 15) is 13.6 Å². The van der Waals surface area contributed by atoms with E-state index in [1.54, 1.807) is 30.3 Å². The van der Waals surface area contributed by atoms with Crippen molar-refractivity contribution in [1.82, 2.24) is 0 Å². The fourth-order valence-corrected chi connectivity index (χ4v) is 2.22. The van der Waals surface area contributed by atoms with Gasteiger partial charge in [-0.2, -0.15) is 8.78 Å². The minimum Gasteiger partial charge on any atom is -0.492 e. The van der Waals surface area contributed by atoms with Crippen molar-refractivity contribution >= 4 is 23.2 Å². The van der Waals surface area contributed by atoms with E-state index in [2.05, 4.69) is 10.1 Å². The number of benzene rings is 2. The Bertz CT molecular complexity index is 693. The standard InChI is InChI=1S/C17H16ClF2NO3/c1-2-23-15-8-5-12(18)10-14(15)21-16(22)9-11-3-6-13(7-4-11)24-17(19)20/h3-8,10,17H,2,9H2,1H3,(H,21,22). The molecule has 0 saturated carbocycles. The van der Waals surface area contributed by atoms with Gasteiger partial charge in [-0.15, -0.1) is 0 Å². The Morgan fingerprint density at radius 1 is 1.21 bits per heavy atom. The van der Waals surface area contributed by atoms with Crippen LogP contribution >= 0.6 is 11.6 Å². The molecule has 7 heteroatoms. The average molecular weight is 356 g/mol. The summed E-state index contributed by atoms with van der Waals surface area (Å²) in [5, 5.41) is 3.21. The highest BCUT2D eigenvalue weighted by Crippen LogP contribution is 2.28. The molecule has 2 aromatic carbocycles. The van der Waals surface area contributed by atoms with Crippen LogP contribution in [0.3, 0.4) is 0 Å². The van der Waals surface area contributed by atoms with Crippen molar-refractivity contribution in [2.75, 3.05) is 11.9 Å². The normalized spacial score (nSPS) is 10.5. The molecule has 0 bridgehead atoms. The third-order valence-electron chi connectivity index (χ3n) is 3.03. The van der Waals surface area contributed by atoms with Crippen molar-refractivity contribution in [1.29, 1.82) is 0 Å². The lowest BCUT2D eigenvalue weighted by Crippen LogP contribution is -2.15. The van der Waals surface area contributed by atoms with E-state index in [-0.39, 0.29) is 18.1 Å². The first-order chi connectivity index (χ1) is 11.5. The van der Waals surface area contributed by atoms with Crippen LogP contribution in [0.4, 0.5) is 14.5 Å². The predicted octanol–water partition coefficient (Wildman–Crippen LogP) is 4.52. The first-order valence-corrected chi connectivity index (χ1v) is 7.61. The van der Waals surface area contributed by atoms with Gasteiger partial charge in [0, 0.05) is 5.02 Å². The molecule has 0 unspecified atom stereocenters. The molecule has 1 N–H and O–H groups in total. The molecule has 4 nitrogen and oxygen atoms in total. The van der Waals surface area contributed by atoms with Crippen LogP contribution in [0.2, 0.25) is 5.02 Å². The van der Waals surface area contributed by atoms with E-state index in [4.69, 9.17) is 16.3 Å². The summed E-state index contributed by atoms with van der Waals surface area (Å²) in [6.45, 7) is -0.585. The Labute approximate surface area is 143 Å². The number of rotatable bonds is 7. The van der Waals surface area contributed by atoms with Crippen molar-refractivity contribution < 1.29 is 23.0 Å². The summed E-state index contributed by atoms with van der Waals surface area (Å²) in [5.74, 6) is 0.291. The van der Waals surface area contributed by atoms with Crippen LogP contribution in [0.5, 0.6) is 11.5 Å². The van der Waals surface area contributed by atoms with Crippen molar-refractivity contribution in [2.45, 2.75) is 20.0 Å². The number of halogens is 3. The smallest absolute Gasteiger partial charge is 0.387 e. The number of ether oxygens (including phenoxy) is 2. The molecular weight excluding hydrogens is 340 g/mol. The van der Waals surface area contributed by atoms with Gasteiger partial charge in [-0.3, -0.25) is 4.79 Å². The first kappa shape index (κ1) is 18.0. The highest BCUT2D eigenvalue weighted by atomic mass is 35.5. The van der Waals surface area contributed by atoms with Crippen LogP contribution in [0, 0.1) is 0 Å².